The van der Waals surface area contributed by atoms with Crippen molar-refractivity contribution < 1.29 is 9.53 Å². The van der Waals surface area contributed by atoms with Crippen LogP contribution in [0, 0.1) is 0 Å². The first-order valence-electron chi connectivity index (χ1n) is 6.73. The average molecular weight is 262 g/mol. The SMILES string of the molecule is CN(C)CC(=O)N1CCOC(Cc2ccccc2)C1. The van der Waals surface area contributed by atoms with Gasteiger partial charge in [-0.15, -0.1) is 0 Å². The lowest BCUT2D eigenvalue weighted by molar-refractivity contribution is -0.139. The molecule has 1 amide bonds. The highest BCUT2D eigenvalue weighted by Crippen LogP contribution is 2.12. The van der Waals surface area contributed by atoms with Crippen molar-refractivity contribution in [2.45, 2.75) is 12.5 Å². The second-order valence-corrected chi connectivity index (χ2v) is 5.26. The number of amides is 1. The van der Waals surface area contributed by atoms with Crippen LogP contribution < -0.4 is 0 Å². The molecule has 1 heterocycles. The third-order valence-corrected chi connectivity index (χ3v) is 3.25. The summed E-state index contributed by atoms with van der Waals surface area (Å²) in [7, 11) is 3.83. The summed E-state index contributed by atoms with van der Waals surface area (Å²) >= 11 is 0. The first-order chi connectivity index (χ1) is 9.15. The fourth-order valence-corrected chi connectivity index (χ4v) is 2.32. The molecule has 1 aliphatic rings. The number of ether oxygens (including phenoxy) is 1. The molecule has 1 atom stereocenters. The van der Waals surface area contributed by atoms with Crippen LogP contribution in [0.25, 0.3) is 0 Å². The van der Waals surface area contributed by atoms with Crippen LogP contribution in [0.1, 0.15) is 5.56 Å². The molecule has 1 aliphatic heterocycles. The van der Waals surface area contributed by atoms with Gasteiger partial charge in [0.1, 0.15) is 0 Å². The molecule has 0 aliphatic carbocycles. The number of carbonyl (C=O) groups is 1. The highest BCUT2D eigenvalue weighted by Gasteiger charge is 2.24. The number of rotatable bonds is 4. The van der Waals surface area contributed by atoms with Gasteiger partial charge in [0.25, 0.3) is 0 Å². The molecule has 1 fully saturated rings. The van der Waals surface area contributed by atoms with E-state index in [0.717, 1.165) is 6.42 Å². The Kier molecular flexibility index (Phi) is 4.93. The summed E-state index contributed by atoms with van der Waals surface area (Å²) in [5.74, 6) is 0.186. The lowest BCUT2D eigenvalue weighted by Crippen LogP contribution is -2.48. The van der Waals surface area contributed by atoms with Gasteiger partial charge in [0.15, 0.2) is 0 Å². The predicted octanol–water partition coefficient (Wildman–Crippen LogP) is 1.02. The number of hydrogen-bond donors (Lipinski definition) is 0. The predicted molar refractivity (Wildman–Crippen MR) is 75.0 cm³/mol. The van der Waals surface area contributed by atoms with Crippen molar-refractivity contribution >= 4 is 5.91 Å². The van der Waals surface area contributed by atoms with E-state index in [1.54, 1.807) is 0 Å². The third kappa shape index (κ3) is 4.33. The Morgan fingerprint density at radius 2 is 2.11 bits per heavy atom. The van der Waals surface area contributed by atoms with Crippen LogP contribution in [0.15, 0.2) is 30.3 Å². The molecule has 1 aromatic carbocycles. The van der Waals surface area contributed by atoms with Gasteiger partial charge in [0, 0.05) is 19.5 Å². The van der Waals surface area contributed by atoms with Crippen molar-refractivity contribution in [3.8, 4) is 0 Å². The molecule has 0 saturated carbocycles. The molecule has 2 rings (SSSR count). The van der Waals surface area contributed by atoms with Crippen LogP contribution in [0.3, 0.4) is 0 Å². The zero-order valence-electron chi connectivity index (χ0n) is 11.7. The van der Waals surface area contributed by atoms with Gasteiger partial charge < -0.3 is 14.5 Å². The fraction of sp³-hybridized carbons (Fsp3) is 0.533. The minimum atomic E-state index is 0.113. The maximum Gasteiger partial charge on any atom is 0.236 e. The van der Waals surface area contributed by atoms with E-state index in [1.165, 1.54) is 5.56 Å². The molecule has 4 heteroatoms. The minimum Gasteiger partial charge on any atom is -0.374 e. The number of benzene rings is 1. The van der Waals surface area contributed by atoms with E-state index in [1.807, 2.05) is 42.1 Å². The van der Waals surface area contributed by atoms with E-state index in [2.05, 4.69) is 12.1 Å². The lowest BCUT2D eigenvalue weighted by atomic mass is 10.1. The molecule has 0 radical (unpaired) electrons. The van der Waals surface area contributed by atoms with E-state index >= 15 is 0 Å². The standard InChI is InChI=1S/C15H22N2O2/c1-16(2)12-15(18)17-8-9-19-14(11-17)10-13-6-4-3-5-7-13/h3-7,14H,8-12H2,1-2H3. The Hall–Kier alpha value is -1.39. The number of likely N-dealkylation sites (N-methyl/N-ethyl adjacent to an activating group) is 1. The van der Waals surface area contributed by atoms with E-state index in [4.69, 9.17) is 4.74 Å². The van der Waals surface area contributed by atoms with E-state index in [-0.39, 0.29) is 12.0 Å². The first kappa shape index (κ1) is 14.0. The van der Waals surface area contributed by atoms with Crippen molar-refractivity contribution in [3.63, 3.8) is 0 Å². The molecule has 1 saturated heterocycles. The van der Waals surface area contributed by atoms with E-state index in [0.29, 0.717) is 26.2 Å². The van der Waals surface area contributed by atoms with Crippen LogP contribution in [-0.4, -0.2) is 62.1 Å². The molecular formula is C15H22N2O2. The summed E-state index contributed by atoms with van der Waals surface area (Å²) in [6, 6.07) is 10.3. The number of morpholine rings is 1. The van der Waals surface area contributed by atoms with Gasteiger partial charge in [-0.3, -0.25) is 4.79 Å². The lowest BCUT2D eigenvalue weighted by Gasteiger charge is -2.33. The summed E-state index contributed by atoms with van der Waals surface area (Å²) < 4.78 is 5.76. The van der Waals surface area contributed by atoms with Gasteiger partial charge in [-0.1, -0.05) is 30.3 Å². The second-order valence-electron chi connectivity index (χ2n) is 5.26. The largest absolute Gasteiger partial charge is 0.374 e. The van der Waals surface area contributed by atoms with Crippen LogP contribution in [0.2, 0.25) is 0 Å². The van der Waals surface area contributed by atoms with Crippen LogP contribution in [0.5, 0.6) is 0 Å². The van der Waals surface area contributed by atoms with Crippen molar-refractivity contribution in [3.05, 3.63) is 35.9 Å². The average Bonchev–Trinajstić information content (AvgIpc) is 2.39. The monoisotopic (exact) mass is 262 g/mol. The number of nitrogens with zero attached hydrogens (tertiary/aromatic N) is 2. The van der Waals surface area contributed by atoms with Crippen molar-refractivity contribution in [1.29, 1.82) is 0 Å². The van der Waals surface area contributed by atoms with Gasteiger partial charge in [-0.05, 0) is 19.7 Å². The fourth-order valence-electron chi connectivity index (χ4n) is 2.32. The number of carbonyl (C=O) groups excluding carboxylic acids is 1. The molecule has 0 bridgehead atoms. The normalized spacial score (nSPS) is 19.7. The summed E-state index contributed by atoms with van der Waals surface area (Å²) in [6.45, 7) is 2.51. The Morgan fingerprint density at radius 3 is 2.79 bits per heavy atom. The van der Waals surface area contributed by atoms with E-state index in [9.17, 15) is 4.79 Å². The van der Waals surface area contributed by atoms with Gasteiger partial charge in [0.2, 0.25) is 5.91 Å². The molecule has 0 N–H and O–H groups in total. The summed E-state index contributed by atoms with van der Waals surface area (Å²) in [6.07, 6.45) is 0.981. The van der Waals surface area contributed by atoms with Crippen LogP contribution in [-0.2, 0) is 16.0 Å². The molecule has 0 aromatic heterocycles. The zero-order chi connectivity index (χ0) is 13.7. The summed E-state index contributed by atoms with van der Waals surface area (Å²) in [5.41, 5.74) is 1.26. The molecule has 0 spiro atoms. The summed E-state index contributed by atoms with van der Waals surface area (Å²) in [4.78, 5) is 15.9. The smallest absolute Gasteiger partial charge is 0.236 e. The minimum absolute atomic E-state index is 0.113. The summed E-state index contributed by atoms with van der Waals surface area (Å²) in [5, 5.41) is 0. The Morgan fingerprint density at radius 1 is 1.37 bits per heavy atom. The highest BCUT2D eigenvalue weighted by molar-refractivity contribution is 5.78. The third-order valence-electron chi connectivity index (χ3n) is 3.25. The Bertz CT molecular complexity index is 406. The molecule has 1 unspecified atom stereocenters. The molecular weight excluding hydrogens is 240 g/mol. The molecule has 19 heavy (non-hydrogen) atoms. The van der Waals surface area contributed by atoms with Crippen LogP contribution >= 0.6 is 0 Å². The van der Waals surface area contributed by atoms with E-state index < -0.39 is 0 Å². The Labute approximate surface area is 115 Å². The maximum atomic E-state index is 12.0. The van der Waals surface area contributed by atoms with Crippen LogP contribution in [0.4, 0.5) is 0 Å². The molecule has 1 aromatic rings. The maximum absolute atomic E-state index is 12.0. The quantitative estimate of drug-likeness (QED) is 0.812. The van der Waals surface area contributed by atoms with Crippen molar-refractivity contribution in [2.75, 3.05) is 40.3 Å². The van der Waals surface area contributed by atoms with Gasteiger partial charge in [-0.25, -0.2) is 0 Å². The van der Waals surface area contributed by atoms with Crippen molar-refractivity contribution in [1.82, 2.24) is 9.80 Å². The Balaban J connectivity index is 1.88. The van der Waals surface area contributed by atoms with Crippen molar-refractivity contribution in [2.24, 2.45) is 0 Å². The second kappa shape index (κ2) is 6.68. The highest BCUT2D eigenvalue weighted by atomic mass is 16.5. The molecule has 104 valence electrons. The first-order valence-corrected chi connectivity index (χ1v) is 6.73. The molecule has 4 nitrogen and oxygen atoms in total. The van der Waals surface area contributed by atoms with Gasteiger partial charge in [0.05, 0.1) is 19.3 Å². The number of hydrogen-bond acceptors (Lipinski definition) is 3. The van der Waals surface area contributed by atoms with Gasteiger partial charge >= 0.3 is 0 Å². The zero-order valence-corrected chi connectivity index (χ0v) is 11.7. The topological polar surface area (TPSA) is 32.8 Å². The van der Waals surface area contributed by atoms with Gasteiger partial charge in [-0.2, -0.15) is 0 Å².